The minimum Gasteiger partial charge on any atom is -0.313 e. The van der Waals surface area contributed by atoms with Crippen LogP contribution in [-0.2, 0) is 0 Å². The summed E-state index contributed by atoms with van der Waals surface area (Å²) in [5, 5.41) is 2.51. The van der Waals surface area contributed by atoms with Crippen molar-refractivity contribution in [3.8, 4) is 62.2 Å². The van der Waals surface area contributed by atoms with E-state index in [0.717, 1.165) is 40.0 Å². The zero-order chi connectivity index (χ0) is 41.0. The largest absolute Gasteiger partial charge is 0.313 e. The first-order valence-corrected chi connectivity index (χ1v) is 21.1. The van der Waals surface area contributed by atoms with Crippen molar-refractivity contribution in [1.29, 1.82) is 0 Å². The van der Waals surface area contributed by atoms with Crippen molar-refractivity contribution in [2.75, 3.05) is 4.90 Å². The molecule has 2 aliphatic rings. The van der Waals surface area contributed by atoms with Crippen LogP contribution in [0.1, 0.15) is 17.9 Å². The maximum atomic E-state index is 4.96. The third-order valence-corrected chi connectivity index (χ3v) is 12.2. The topological polar surface area (TPSA) is 59.7 Å². The van der Waals surface area contributed by atoms with E-state index < -0.39 is 0 Å². The number of hydrogen-bond acceptors (Lipinski definition) is 5. The Balaban J connectivity index is 0.912. The van der Waals surface area contributed by atoms with Gasteiger partial charge in [0.15, 0.2) is 17.5 Å². The average molecular weight is 795 g/mol. The van der Waals surface area contributed by atoms with Crippen LogP contribution < -0.4 is 4.90 Å². The maximum Gasteiger partial charge on any atom is 0.182 e. The Hall–Kier alpha value is -8.22. The van der Waals surface area contributed by atoms with Crippen LogP contribution in [0.15, 0.2) is 218 Å². The van der Waals surface area contributed by atoms with Gasteiger partial charge in [-0.05, 0) is 94.9 Å². The standard InChI is InChI=1S/C56H38N6/c1-4-14-38(15-5-1)54-58-55(39-16-6-2-7-17-39)60-56(59-54)49-34-42(32-33-57-49)41-27-31-48-46-21-11-13-23-51(46)62(53(48)36-41)44-28-24-37(25-29-44)40-26-30-47-45-20-10-12-22-50(45)61(52(47)35-40)43-18-8-3-9-19-43/h1-20,22-36,46H,21H2. The van der Waals surface area contributed by atoms with Gasteiger partial charge in [-0.3, -0.25) is 4.98 Å². The molecule has 7 aromatic carbocycles. The van der Waals surface area contributed by atoms with E-state index in [1.54, 1.807) is 0 Å². The smallest absolute Gasteiger partial charge is 0.182 e. The third kappa shape index (κ3) is 6.11. The van der Waals surface area contributed by atoms with Crippen LogP contribution in [0.3, 0.4) is 0 Å². The van der Waals surface area contributed by atoms with E-state index in [4.69, 9.17) is 19.9 Å². The summed E-state index contributed by atoms with van der Waals surface area (Å²) < 4.78 is 2.38. The summed E-state index contributed by atoms with van der Waals surface area (Å²) in [5.74, 6) is 2.05. The van der Waals surface area contributed by atoms with Crippen LogP contribution in [0, 0.1) is 0 Å². The molecule has 0 N–H and O–H groups in total. The molecule has 1 unspecified atom stereocenters. The van der Waals surface area contributed by atoms with Crippen LogP contribution in [0.5, 0.6) is 0 Å². The molecule has 292 valence electrons. The molecule has 6 nitrogen and oxygen atoms in total. The van der Waals surface area contributed by atoms with Crippen molar-refractivity contribution >= 4 is 33.2 Å². The molecule has 4 heterocycles. The molecule has 1 aliphatic carbocycles. The van der Waals surface area contributed by atoms with E-state index in [9.17, 15) is 0 Å². The Labute approximate surface area is 359 Å². The van der Waals surface area contributed by atoms with Gasteiger partial charge in [0.2, 0.25) is 0 Å². The minimum absolute atomic E-state index is 0.289. The van der Waals surface area contributed by atoms with Crippen molar-refractivity contribution in [2.24, 2.45) is 0 Å². The molecule has 0 bridgehead atoms. The normalized spacial score (nSPS) is 14.2. The zero-order valence-corrected chi connectivity index (χ0v) is 33.7. The Morgan fingerprint density at radius 1 is 0.452 bits per heavy atom. The molecule has 12 rings (SSSR count). The van der Waals surface area contributed by atoms with Crippen LogP contribution in [0.25, 0.3) is 84.0 Å². The fraction of sp³-hybridized carbons (Fsp3) is 0.0357. The summed E-state index contributed by atoms with van der Waals surface area (Å²) in [5.41, 5.74) is 15.6. The molecular formula is C56H38N6. The number of anilines is 2. The van der Waals surface area contributed by atoms with Gasteiger partial charge in [-0.25, -0.2) is 15.0 Å². The zero-order valence-electron chi connectivity index (χ0n) is 33.7. The number of rotatable bonds is 7. The number of allylic oxidation sites excluding steroid dienone is 4. The minimum atomic E-state index is 0.289. The summed E-state index contributed by atoms with van der Waals surface area (Å²) in [6, 6.07) is 66.4. The first kappa shape index (κ1) is 35.7. The quantitative estimate of drug-likeness (QED) is 0.161. The first-order valence-electron chi connectivity index (χ1n) is 21.1. The van der Waals surface area contributed by atoms with Crippen molar-refractivity contribution in [3.63, 3.8) is 0 Å². The molecule has 10 aromatic rings. The highest BCUT2D eigenvalue weighted by molar-refractivity contribution is 6.10. The highest BCUT2D eigenvalue weighted by Gasteiger charge is 2.35. The predicted molar refractivity (Wildman–Crippen MR) is 252 cm³/mol. The molecule has 1 atom stereocenters. The van der Waals surface area contributed by atoms with Crippen molar-refractivity contribution in [2.45, 2.75) is 12.3 Å². The summed E-state index contributed by atoms with van der Waals surface area (Å²) in [6.07, 6.45) is 9.57. The van der Waals surface area contributed by atoms with Gasteiger partial charge in [-0.15, -0.1) is 0 Å². The SMILES string of the molecule is C1=CCC2C(=C1)N(c1ccc(-c3ccc4c5ccccc5n(-c5ccccc5)c4c3)cc1)c1cc(-c3ccnc(-c4nc(-c5ccccc5)nc(-c5ccccc5)n4)c3)ccc12. The third-order valence-electron chi connectivity index (χ3n) is 12.2. The summed E-state index contributed by atoms with van der Waals surface area (Å²) in [6.45, 7) is 0. The highest BCUT2D eigenvalue weighted by atomic mass is 15.2. The van der Waals surface area contributed by atoms with Crippen LogP contribution in [-0.4, -0.2) is 24.5 Å². The molecule has 62 heavy (non-hydrogen) atoms. The number of fused-ring (bicyclic) bond motifs is 6. The highest BCUT2D eigenvalue weighted by Crippen LogP contribution is 2.52. The second kappa shape index (κ2) is 14.8. The Kier molecular flexibility index (Phi) is 8.52. The number of pyridine rings is 1. The van der Waals surface area contributed by atoms with Crippen LogP contribution >= 0.6 is 0 Å². The fourth-order valence-corrected chi connectivity index (χ4v) is 9.24. The lowest BCUT2D eigenvalue weighted by molar-refractivity contribution is 0.819. The van der Waals surface area contributed by atoms with E-state index in [1.165, 1.54) is 49.9 Å². The monoisotopic (exact) mass is 794 g/mol. The Morgan fingerprint density at radius 2 is 1.06 bits per heavy atom. The molecule has 6 heteroatoms. The molecule has 1 aliphatic heterocycles. The van der Waals surface area contributed by atoms with E-state index in [0.29, 0.717) is 23.2 Å². The Morgan fingerprint density at radius 3 is 1.82 bits per heavy atom. The van der Waals surface area contributed by atoms with Gasteiger partial charge in [0, 0.05) is 51.1 Å². The lowest BCUT2D eigenvalue weighted by atomic mass is 9.91. The number of para-hydroxylation sites is 2. The van der Waals surface area contributed by atoms with E-state index in [1.807, 2.05) is 66.9 Å². The molecule has 0 saturated carbocycles. The van der Waals surface area contributed by atoms with Gasteiger partial charge in [-0.1, -0.05) is 146 Å². The molecule has 0 amide bonds. The number of aromatic nitrogens is 5. The van der Waals surface area contributed by atoms with Crippen molar-refractivity contribution < 1.29 is 0 Å². The van der Waals surface area contributed by atoms with E-state index in [2.05, 4.69) is 155 Å². The lowest BCUT2D eigenvalue weighted by Crippen LogP contribution is -2.14. The average Bonchev–Trinajstić information content (AvgIpc) is 3.87. The maximum absolute atomic E-state index is 4.96. The summed E-state index contributed by atoms with van der Waals surface area (Å²) in [7, 11) is 0. The second-order valence-corrected chi connectivity index (χ2v) is 15.9. The van der Waals surface area contributed by atoms with Gasteiger partial charge >= 0.3 is 0 Å². The summed E-state index contributed by atoms with van der Waals surface area (Å²) >= 11 is 0. The fourth-order valence-electron chi connectivity index (χ4n) is 9.24. The van der Waals surface area contributed by atoms with E-state index in [-0.39, 0.29) is 5.92 Å². The number of nitrogens with zero attached hydrogens (tertiary/aromatic N) is 6. The Bertz CT molecular complexity index is 3310. The predicted octanol–water partition coefficient (Wildman–Crippen LogP) is 13.8. The molecule has 0 fully saturated rings. The van der Waals surface area contributed by atoms with Crippen molar-refractivity contribution in [1.82, 2.24) is 24.5 Å². The first-order chi connectivity index (χ1) is 30.7. The van der Waals surface area contributed by atoms with Gasteiger partial charge in [0.25, 0.3) is 0 Å². The van der Waals surface area contributed by atoms with E-state index >= 15 is 0 Å². The number of hydrogen-bond donors (Lipinski definition) is 0. The lowest BCUT2D eigenvalue weighted by Gasteiger charge is -2.25. The van der Waals surface area contributed by atoms with Crippen LogP contribution in [0.4, 0.5) is 11.4 Å². The molecule has 0 radical (unpaired) electrons. The van der Waals surface area contributed by atoms with Crippen molar-refractivity contribution in [3.05, 3.63) is 224 Å². The number of benzene rings is 7. The van der Waals surface area contributed by atoms with Gasteiger partial charge in [0.05, 0.1) is 16.7 Å². The molecular weight excluding hydrogens is 757 g/mol. The van der Waals surface area contributed by atoms with Gasteiger partial charge in [0.1, 0.15) is 5.69 Å². The molecule has 3 aromatic heterocycles. The van der Waals surface area contributed by atoms with Gasteiger partial charge < -0.3 is 9.47 Å². The summed E-state index contributed by atoms with van der Waals surface area (Å²) in [4.78, 5) is 22.0. The molecule has 0 saturated heterocycles. The second-order valence-electron chi connectivity index (χ2n) is 15.9. The van der Waals surface area contributed by atoms with Crippen LogP contribution in [0.2, 0.25) is 0 Å². The van der Waals surface area contributed by atoms with Gasteiger partial charge in [-0.2, -0.15) is 0 Å². The molecule has 0 spiro atoms.